The van der Waals surface area contributed by atoms with E-state index in [2.05, 4.69) is 31.3 Å². The molecule has 0 aromatic carbocycles. The van der Waals surface area contributed by atoms with Crippen LogP contribution in [0.4, 0.5) is 0 Å². The summed E-state index contributed by atoms with van der Waals surface area (Å²) in [6.07, 6.45) is 92.8. The van der Waals surface area contributed by atoms with Gasteiger partial charge in [0.15, 0.2) is 0 Å². The van der Waals surface area contributed by atoms with Crippen LogP contribution in [0.15, 0.2) is 24.3 Å². The SMILES string of the molecule is CCCCCCCCCCCCCCCCCCCCCCCC/C=C/C(O)C(CO)NC(=O)CCCCCCCCCCCC/C=C\CCCCCCCCCCCCCCOC(=O)CCCCCCCCCCCCCCCCCC. The Morgan fingerprint density at radius 3 is 0.855 bits per heavy atom. The molecule has 0 bridgehead atoms. The third-order valence-electron chi connectivity index (χ3n) is 18.0. The highest BCUT2D eigenvalue weighted by Crippen LogP contribution is 2.19. The van der Waals surface area contributed by atoms with Crippen LogP contribution in [0.2, 0.25) is 0 Å². The Hall–Kier alpha value is -1.66. The van der Waals surface area contributed by atoms with E-state index in [0.29, 0.717) is 19.4 Å². The van der Waals surface area contributed by atoms with Crippen molar-refractivity contribution < 1.29 is 24.5 Å². The van der Waals surface area contributed by atoms with E-state index >= 15 is 0 Å². The molecule has 0 radical (unpaired) electrons. The van der Waals surface area contributed by atoms with Gasteiger partial charge < -0.3 is 20.3 Å². The van der Waals surface area contributed by atoms with Gasteiger partial charge in [0.25, 0.3) is 0 Å². The number of rotatable bonds is 72. The molecule has 6 heteroatoms. The molecule has 83 heavy (non-hydrogen) atoms. The summed E-state index contributed by atoms with van der Waals surface area (Å²) in [5.41, 5.74) is 0. The number of aliphatic hydroxyl groups is 2. The molecule has 0 aromatic heterocycles. The van der Waals surface area contributed by atoms with Crippen molar-refractivity contribution in [2.45, 2.75) is 443 Å². The van der Waals surface area contributed by atoms with E-state index in [0.717, 1.165) is 38.5 Å². The second-order valence-electron chi connectivity index (χ2n) is 26.3. The first kappa shape index (κ1) is 81.3. The molecule has 2 unspecified atom stereocenters. The van der Waals surface area contributed by atoms with Gasteiger partial charge in [-0.05, 0) is 57.8 Å². The van der Waals surface area contributed by atoms with Gasteiger partial charge in [-0.25, -0.2) is 0 Å². The molecule has 0 saturated heterocycles. The first-order valence-electron chi connectivity index (χ1n) is 38.1. The van der Waals surface area contributed by atoms with Gasteiger partial charge in [0.1, 0.15) is 0 Å². The molecule has 0 aliphatic heterocycles. The lowest BCUT2D eigenvalue weighted by Gasteiger charge is -2.20. The van der Waals surface area contributed by atoms with Gasteiger partial charge in [-0.3, -0.25) is 9.59 Å². The molecule has 0 aliphatic rings. The fraction of sp³-hybridized carbons (Fsp3) is 0.922. The number of carbonyl (C=O) groups excluding carboxylic acids is 2. The van der Waals surface area contributed by atoms with Crippen molar-refractivity contribution in [3.05, 3.63) is 24.3 Å². The molecule has 0 fully saturated rings. The number of esters is 1. The number of amides is 1. The van der Waals surface area contributed by atoms with Crippen LogP contribution < -0.4 is 5.32 Å². The van der Waals surface area contributed by atoms with Gasteiger partial charge in [0.2, 0.25) is 5.91 Å². The number of aliphatic hydroxyl groups excluding tert-OH is 2. The van der Waals surface area contributed by atoms with Gasteiger partial charge >= 0.3 is 5.97 Å². The molecular formula is C77H149NO5. The van der Waals surface area contributed by atoms with Crippen molar-refractivity contribution in [2.75, 3.05) is 13.2 Å². The normalized spacial score (nSPS) is 12.6. The summed E-state index contributed by atoms with van der Waals surface area (Å²) in [7, 11) is 0. The van der Waals surface area contributed by atoms with Gasteiger partial charge in [0.05, 0.1) is 25.4 Å². The maximum atomic E-state index is 12.5. The van der Waals surface area contributed by atoms with Crippen molar-refractivity contribution in [3.8, 4) is 0 Å². The average Bonchev–Trinajstić information content (AvgIpc) is 3.49. The summed E-state index contributed by atoms with van der Waals surface area (Å²) in [5.74, 6) is -0.0464. The number of nitrogens with one attached hydrogen (secondary N) is 1. The zero-order valence-electron chi connectivity index (χ0n) is 56.5. The Labute approximate surface area is 520 Å². The first-order chi connectivity index (χ1) is 41.0. The summed E-state index contributed by atoms with van der Waals surface area (Å²) in [5, 5.41) is 23.3. The van der Waals surface area contributed by atoms with Crippen molar-refractivity contribution in [1.82, 2.24) is 5.32 Å². The Bertz CT molecular complexity index is 1300. The molecule has 0 aliphatic carbocycles. The Balaban J connectivity index is 3.40. The number of hydrogen-bond acceptors (Lipinski definition) is 5. The summed E-state index contributed by atoms with van der Waals surface area (Å²) >= 11 is 0. The molecular weight excluding hydrogens is 1020 g/mol. The fourth-order valence-corrected chi connectivity index (χ4v) is 12.2. The molecule has 6 nitrogen and oxygen atoms in total. The van der Waals surface area contributed by atoms with Crippen LogP contribution in [0.25, 0.3) is 0 Å². The van der Waals surface area contributed by atoms with E-state index in [4.69, 9.17) is 4.74 Å². The molecule has 0 heterocycles. The van der Waals surface area contributed by atoms with Gasteiger partial charge in [-0.15, -0.1) is 0 Å². The topological polar surface area (TPSA) is 95.9 Å². The van der Waals surface area contributed by atoms with E-state index in [-0.39, 0.29) is 18.5 Å². The third kappa shape index (κ3) is 69.3. The van der Waals surface area contributed by atoms with E-state index in [1.54, 1.807) is 6.08 Å². The molecule has 0 saturated carbocycles. The van der Waals surface area contributed by atoms with Gasteiger partial charge in [-0.2, -0.15) is 0 Å². The second-order valence-corrected chi connectivity index (χ2v) is 26.3. The lowest BCUT2D eigenvalue weighted by Crippen LogP contribution is -2.45. The Morgan fingerprint density at radius 1 is 0.325 bits per heavy atom. The van der Waals surface area contributed by atoms with Gasteiger partial charge in [0, 0.05) is 12.8 Å². The zero-order valence-corrected chi connectivity index (χ0v) is 56.5. The number of carbonyl (C=O) groups is 2. The maximum absolute atomic E-state index is 12.5. The van der Waals surface area contributed by atoms with E-state index in [1.807, 2.05) is 6.08 Å². The highest BCUT2D eigenvalue weighted by atomic mass is 16.5. The summed E-state index contributed by atoms with van der Waals surface area (Å²) in [6, 6.07) is -0.631. The number of hydrogen-bond donors (Lipinski definition) is 3. The van der Waals surface area contributed by atoms with Crippen molar-refractivity contribution in [1.29, 1.82) is 0 Å². The minimum absolute atomic E-state index is 0.0184. The summed E-state index contributed by atoms with van der Waals surface area (Å²) in [6.45, 7) is 4.96. The van der Waals surface area contributed by atoms with E-state index < -0.39 is 12.1 Å². The standard InChI is InChI=1S/C77H149NO5/c1-3-5-7-9-11-13-15-17-19-21-22-23-24-29-32-35-38-41-45-49-53-57-61-65-69-75(80)74(73-79)78-76(81)70-66-62-58-54-50-46-42-39-36-33-30-27-25-26-28-31-34-37-40-44-48-52-56-60-64-68-72-83-77(82)71-67-63-59-55-51-47-43-20-18-16-14-12-10-8-6-4-2/h25,27,65,69,74-75,79-80H,3-24,26,28-64,66-68,70-73H2,1-2H3,(H,78,81)/b27-25-,69-65+. The summed E-state index contributed by atoms with van der Waals surface area (Å²) < 4.78 is 5.51. The minimum atomic E-state index is -0.847. The van der Waals surface area contributed by atoms with E-state index in [1.165, 1.54) is 366 Å². The van der Waals surface area contributed by atoms with Crippen LogP contribution in [-0.2, 0) is 14.3 Å². The molecule has 1 amide bonds. The highest BCUT2D eigenvalue weighted by molar-refractivity contribution is 5.76. The molecule has 3 N–H and O–H groups in total. The lowest BCUT2D eigenvalue weighted by molar-refractivity contribution is -0.143. The number of allylic oxidation sites excluding steroid dienone is 3. The Kier molecular flexibility index (Phi) is 71.4. The predicted molar refractivity (Wildman–Crippen MR) is 366 cm³/mol. The van der Waals surface area contributed by atoms with Crippen LogP contribution in [-0.4, -0.2) is 47.4 Å². The average molecular weight is 1170 g/mol. The van der Waals surface area contributed by atoms with Crippen LogP contribution >= 0.6 is 0 Å². The molecule has 0 rings (SSSR count). The summed E-state index contributed by atoms with van der Waals surface area (Å²) in [4.78, 5) is 24.6. The van der Waals surface area contributed by atoms with Crippen LogP contribution in [0.1, 0.15) is 431 Å². The largest absolute Gasteiger partial charge is 0.466 e. The van der Waals surface area contributed by atoms with Crippen LogP contribution in [0.5, 0.6) is 0 Å². The predicted octanol–water partition coefficient (Wildman–Crippen LogP) is 24.9. The van der Waals surface area contributed by atoms with Crippen molar-refractivity contribution in [2.24, 2.45) is 0 Å². The zero-order chi connectivity index (χ0) is 59.9. The number of unbranched alkanes of at least 4 members (excludes halogenated alkanes) is 59. The second kappa shape index (κ2) is 72.8. The van der Waals surface area contributed by atoms with Crippen LogP contribution in [0, 0.1) is 0 Å². The minimum Gasteiger partial charge on any atom is -0.466 e. The maximum Gasteiger partial charge on any atom is 0.305 e. The third-order valence-corrected chi connectivity index (χ3v) is 18.0. The molecule has 2 atom stereocenters. The van der Waals surface area contributed by atoms with Gasteiger partial charge in [-0.1, -0.05) is 385 Å². The molecule has 0 aromatic rings. The molecule has 492 valence electrons. The molecule has 0 spiro atoms. The monoisotopic (exact) mass is 1170 g/mol. The van der Waals surface area contributed by atoms with Crippen LogP contribution in [0.3, 0.4) is 0 Å². The fourth-order valence-electron chi connectivity index (χ4n) is 12.2. The van der Waals surface area contributed by atoms with Crippen molar-refractivity contribution >= 4 is 11.9 Å². The van der Waals surface area contributed by atoms with E-state index in [9.17, 15) is 19.8 Å². The van der Waals surface area contributed by atoms with Crippen molar-refractivity contribution in [3.63, 3.8) is 0 Å². The lowest BCUT2D eigenvalue weighted by atomic mass is 10.0. The quantitative estimate of drug-likeness (QED) is 0.0320. The first-order valence-corrected chi connectivity index (χ1v) is 38.1. The number of ether oxygens (including phenoxy) is 1. The smallest absolute Gasteiger partial charge is 0.305 e. The highest BCUT2D eigenvalue weighted by Gasteiger charge is 2.18. The Morgan fingerprint density at radius 2 is 0.566 bits per heavy atom.